The van der Waals surface area contributed by atoms with Gasteiger partial charge in [0, 0.05) is 0 Å². The average Bonchev–Trinajstić information content (AvgIpc) is 2.74. The standard InChI is InChI=1S/C20H22N2O6/c1-3-12-27-20(25)14-8-10-15(11-9-14)28-13-18(23)21-22-19(24)16-6-4-5-7-17(16)26-2/h4-11H,3,12-13H2,1-2H3,(H,21,23)(H,22,24). The number of rotatable bonds is 8. The molecule has 0 bridgehead atoms. The lowest BCUT2D eigenvalue weighted by atomic mass is 10.2. The minimum atomic E-state index is -0.547. The number of methoxy groups -OCH3 is 1. The Labute approximate surface area is 162 Å². The van der Waals surface area contributed by atoms with Crippen molar-refractivity contribution in [2.24, 2.45) is 0 Å². The Morgan fingerprint density at radius 2 is 1.68 bits per heavy atom. The maximum Gasteiger partial charge on any atom is 0.338 e. The van der Waals surface area contributed by atoms with Gasteiger partial charge in [0.1, 0.15) is 11.5 Å². The van der Waals surface area contributed by atoms with E-state index in [-0.39, 0.29) is 12.2 Å². The first kappa shape index (κ1) is 20.8. The molecular weight excluding hydrogens is 364 g/mol. The van der Waals surface area contributed by atoms with Crippen molar-refractivity contribution in [3.05, 3.63) is 59.7 Å². The Hall–Kier alpha value is -3.55. The maximum absolute atomic E-state index is 12.1. The number of para-hydroxylation sites is 1. The van der Waals surface area contributed by atoms with Gasteiger partial charge in [0.05, 0.1) is 24.8 Å². The molecule has 0 heterocycles. The fraction of sp³-hybridized carbons (Fsp3) is 0.250. The minimum Gasteiger partial charge on any atom is -0.496 e. The van der Waals surface area contributed by atoms with E-state index in [9.17, 15) is 14.4 Å². The van der Waals surface area contributed by atoms with Crippen molar-refractivity contribution < 1.29 is 28.6 Å². The molecule has 8 heteroatoms. The molecule has 0 spiro atoms. The van der Waals surface area contributed by atoms with Crippen molar-refractivity contribution in [2.75, 3.05) is 20.3 Å². The summed E-state index contributed by atoms with van der Waals surface area (Å²) in [5.41, 5.74) is 5.24. The third-order valence-corrected chi connectivity index (χ3v) is 3.56. The summed E-state index contributed by atoms with van der Waals surface area (Å²) in [7, 11) is 1.45. The molecule has 28 heavy (non-hydrogen) atoms. The van der Waals surface area contributed by atoms with Crippen molar-refractivity contribution in [3.63, 3.8) is 0 Å². The van der Waals surface area contributed by atoms with Gasteiger partial charge < -0.3 is 14.2 Å². The van der Waals surface area contributed by atoms with Crippen LogP contribution in [0.25, 0.3) is 0 Å². The topological polar surface area (TPSA) is 103 Å². The second-order valence-corrected chi connectivity index (χ2v) is 5.65. The van der Waals surface area contributed by atoms with Crippen LogP contribution in [0.3, 0.4) is 0 Å². The summed E-state index contributed by atoms with van der Waals surface area (Å²) < 4.78 is 15.5. The molecule has 0 aliphatic carbocycles. The van der Waals surface area contributed by atoms with Crippen molar-refractivity contribution >= 4 is 17.8 Å². The number of hydrogen-bond acceptors (Lipinski definition) is 6. The summed E-state index contributed by atoms with van der Waals surface area (Å²) in [6.07, 6.45) is 0.746. The van der Waals surface area contributed by atoms with Gasteiger partial charge in [0.25, 0.3) is 11.8 Å². The Morgan fingerprint density at radius 1 is 0.964 bits per heavy atom. The van der Waals surface area contributed by atoms with Crippen molar-refractivity contribution in [3.8, 4) is 11.5 Å². The fourth-order valence-electron chi connectivity index (χ4n) is 2.18. The van der Waals surface area contributed by atoms with Crippen LogP contribution in [-0.2, 0) is 9.53 Å². The second kappa shape index (κ2) is 10.6. The molecule has 148 valence electrons. The van der Waals surface area contributed by atoms with Crippen LogP contribution in [-0.4, -0.2) is 38.1 Å². The monoisotopic (exact) mass is 386 g/mol. The number of ether oxygens (including phenoxy) is 3. The quantitative estimate of drug-likeness (QED) is 0.532. The Bertz CT molecular complexity index is 820. The Morgan fingerprint density at radius 3 is 2.36 bits per heavy atom. The Balaban J connectivity index is 1.79. The predicted molar refractivity (Wildman–Crippen MR) is 101 cm³/mol. The predicted octanol–water partition coefficient (Wildman–Crippen LogP) is 2.10. The first-order chi connectivity index (χ1) is 13.5. The number of benzene rings is 2. The molecule has 0 fully saturated rings. The van der Waals surface area contributed by atoms with Crippen LogP contribution in [0.15, 0.2) is 48.5 Å². The lowest BCUT2D eigenvalue weighted by Crippen LogP contribution is -2.43. The highest BCUT2D eigenvalue weighted by Crippen LogP contribution is 2.16. The minimum absolute atomic E-state index is 0.289. The highest BCUT2D eigenvalue weighted by Gasteiger charge is 2.12. The zero-order chi connectivity index (χ0) is 20.4. The van der Waals surface area contributed by atoms with E-state index in [2.05, 4.69) is 10.9 Å². The third-order valence-electron chi connectivity index (χ3n) is 3.56. The van der Waals surface area contributed by atoms with Gasteiger partial charge >= 0.3 is 5.97 Å². The second-order valence-electron chi connectivity index (χ2n) is 5.65. The van der Waals surface area contributed by atoms with E-state index in [1.165, 1.54) is 7.11 Å². The van der Waals surface area contributed by atoms with Gasteiger partial charge in [-0.3, -0.25) is 20.4 Å². The normalized spacial score (nSPS) is 9.93. The highest BCUT2D eigenvalue weighted by atomic mass is 16.5. The van der Waals surface area contributed by atoms with E-state index in [1.54, 1.807) is 48.5 Å². The van der Waals surface area contributed by atoms with Gasteiger partial charge in [-0.2, -0.15) is 0 Å². The SMILES string of the molecule is CCCOC(=O)c1ccc(OCC(=O)NNC(=O)c2ccccc2OC)cc1. The molecule has 0 aliphatic rings. The van der Waals surface area contributed by atoms with Gasteiger partial charge in [-0.1, -0.05) is 19.1 Å². The van der Waals surface area contributed by atoms with E-state index in [1.807, 2.05) is 6.92 Å². The zero-order valence-electron chi connectivity index (χ0n) is 15.7. The van der Waals surface area contributed by atoms with E-state index >= 15 is 0 Å². The highest BCUT2D eigenvalue weighted by molar-refractivity contribution is 5.97. The van der Waals surface area contributed by atoms with E-state index < -0.39 is 17.8 Å². The van der Waals surface area contributed by atoms with Gasteiger partial charge in [0.2, 0.25) is 0 Å². The van der Waals surface area contributed by atoms with Crippen LogP contribution in [0.4, 0.5) is 0 Å². The van der Waals surface area contributed by atoms with E-state index in [0.29, 0.717) is 23.7 Å². The molecule has 2 aromatic carbocycles. The van der Waals surface area contributed by atoms with Crippen molar-refractivity contribution in [1.29, 1.82) is 0 Å². The van der Waals surface area contributed by atoms with E-state index in [0.717, 1.165) is 6.42 Å². The summed E-state index contributed by atoms with van der Waals surface area (Å²) in [6, 6.07) is 12.8. The summed E-state index contributed by atoms with van der Waals surface area (Å²) in [5.74, 6) is -0.679. The molecule has 0 saturated carbocycles. The molecule has 0 radical (unpaired) electrons. The number of nitrogens with one attached hydrogen (secondary N) is 2. The van der Waals surface area contributed by atoms with Gasteiger partial charge in [0.15, 0.2) is 6.61 Å². The Kier molecular flexibility index (Phi) is 7.83. The van der Waals surface area contributed by atoms with Crippen molar-refractivity contribution in [1.82, 2.24) is 10.9 Å². The number of amides is 2. The average molecular weight is 386 g/mol. The van der Waals surface area contributed by atoms with E-state index in [4.69, 9.17) is 14.2 Å². The first-order valence-electron chi connectivity index (χ1n) is 8.67. The zero-order valence-corrected chi connectivity index (χ0v) is 15.7. The molecule has 2 N–H and O–H groups in total. The number of hydrogen-bond donors (Lipinski definition) is 2. The van der Waals surface area contributed by atoms with Crippen LogP contribution in [0, 0.1) is 0 Å². The maximum atomic E-state index is 12.1. The molecular formula is C20H22N2O6. The number of esters is 1. The lowest BCUT2D eigenvalue weighted by Gasteiger charge is -2.11. The van der Waals surface area contributed by atoms with Crippen LogP contribution in [0.1, 0.15) is 34.1 Å². The first-order valence-corrected chi connectivity index (χ1v) is 8.67. The molecule has 2 amide bonds. The van der Waals surface area contributed by atoms with Crippen LogP contribution in [0.2, 0.25) is 0 Å². The molecule has 2 aromatic rings. The fourth-order valence-corrected chi connectivity index (χ4v) is 2.18. The largest absolute Gasteiger partial charge is 0.496 e. The van der Waals surface area contributed by atoms with Gasteiger partial charge in [-0.15, -0.1) is 0 Å². The van der Waals surface area contributed by atoms with Crippen LogP contribution >= 0.6 is 0 Å². The molecule has 0 saturated heterocycles. The molecule has 2 rings (SSSR count). The third kappa shape index (κ3) is 6.01. The summed E-state index contributed by atoms with van der Waals surface area (Å²) in [5, 5.41) is 0. The lowest BCUT2D eigenvalue weighted by molar-refractivity contribution is -0.123. The molecule has 0 aliphatic heterocycles. The van der Waals surface area contributed by atoms with Crippen LogP contribution < -0.4 is 20.3 Å². The number of carbonyl (C=O) groups is 3. The van der Waals surface area contributed by atoms with Gasteiger partial charge in [-0.25, -0.2) is 4.79 Å². The molecule has 0 atom stereocenters. The summed E-state index contributed by atoms with van der Waals surface area (Å²) in [4.78, 5) is 35.6. The summed E-state index contributed by atoms with van der Waals surface area (Å²) >= 11 is 0. The molecule has 0 unspecified atom stereocenters. The molecule has 0 aromatic heterocycles. The van der Waals surface area contributed by atoms with Gasteiger partial charge in [-0.05, 0) is 42.8 Å². The van der Waals surface area contributed by atoms with Crippen LogP contribution in [0.5, 0.6) is 11.5 Å². The van der Waals surface area contributed by atoms with Crippen molar-refractivity contribution in [2.45, 2.75) is 13.3 Å². The summed E-state index contributed by atoms with van der Waals surface area (Å²) in [6.45, 7) is 1.96. The number of carbonyl (C=O) groups excluding carboxylic acids is 3. The number of hydrazine groups is 1. The molecule has 8 nitrogen and oxygen atoms in total. The smallest absolute Gasteiger partial charge is 0.338 e.